The lowest BCUT2D eigenvalue weighted by molar-refractivity contribution is -0.137. The first-order chi connectivity index (χ1) is 14.6. The largest absolute Gasteiger partial charge is 0.418 e. The number of ether oxygens (including phenoxy) is 1. The van der Waals surface area contributed by atoms with Gasteiger partial charge in [-0.15, -0.1) is 0 Å². The zero-order chi connectivity index (χ0) is 22.6. The first-order valence-corrected chi connectivity index (χ1v) is 9.46. The van der Waals surface area contributed by atoms with Crippen LogP contribution in [0.2, 0.25) is 0 Å². The zero-order valence-corrected chi connectivity index (χ0v) is 16.5. The fraction of sp³-hybridized carbons (Fsp3) is 0.286. The van der Waals surface area contributed by atoms with E-state index in [2.05, 4.69) is 16.0 Å². The van der Waals surface area contributed by atoms with Gasteiger partial charge in [-0.05, 0) is 49.2 Å². The van der Waals surface area contributed by atoms with Gasteiger partial charge in [-0.2, -0.15) is 13.2 Å². The highest BCUT2D eigenvalue weighted by atomic mass is 19.4. The van der Waals surface area contributed by atoms with Crippen LogP contribution in [0.25, 0.3) is 0 Å². The molecule has 1 aliphatic rings. The van der Waals surface area contributed by atoms with Crippen LogP contribution in [0.5, 0.6) is 0 Å². The molecule has 2 aromatic carbocycles. The van der Waals surface area contributed by atoms with Crippen molar-refractivity contribution in [2.75, 3.05) is 22.6 Å². The lowest BCUT2D eigenvalue weighted by Crippen LogP contribution is -2.27. The molecular weight excluding hydrogens is 415 g/mol. The Bertz CT molecular complexity index is 1000. The van der Waals surface area contributed by atoms with Gasteiger partial charge >= 0.3 is 6.18 Å². The molecule has 7 nitrogen and oxygen atoms in total. The molecule has 3 rings (SSSR count). The van der Waals surface area contributed by atoms with Crippen molar-refractivity contribution >= 4 is 34.8 Å². The molecular formula is C21H20F3N3O4. The zero-order valence-electron chi connectivity index (χ0n) is 16.5. The van der Waals surface area contributed by atoms with Crippen LogP contribution in [0, 0.1) is 0 Å². The molecule has 2 aromatic rings. The van der Waals surface area contributed by atoms with E-state index >= 15 is 0 Å². The Morgan fingerprint density at radius 1 is 1.00 bits per heavy atom. The van der Waals surface area contributed by atoms with Crippen LogP contribution >= 0.6 is 0 Å². The van der Waals surface area contributed by atoms with Crippen molar-refractivity contribution in [3.8, 4) is 0 Å². The van der Waals surface area contributed by atoms with Crippen molar-refractivity contribution in [1.29, 1.82) is 0 Å². The maximum absolute atomic E-state index is 13.5. The van der Waals surface area contributed by atoms with Crippen molar-refractivity contribution in [1.82, 2.24) is 0 Å². The van der Waals surface area contributed by atoms with Crippen LogP contribution in [0.4, 0.5) is 30.2 Å². The molecule has 0 saturated carbocycles. The molecule has 1 saturated heterocycles. The first-order valence-electron chi connectivity index (χ1n) is 9.46. The Labute approximate surface area is 176 Å². The third-order valence-electron chi connectivity index (χ3n) is 4.51. The molecule has 3 N–H and O–H groups in total. The summed E-state index contributed by atoms with van der Waals surface area (Å²) in [6, 6.07) is 8.91. The summed E-state index contributed by atoms with van der Waals surface area (Å²) in [6.07, 6.45) is -3.94. The predicted molar refractivity (Wildman–Crippen MR) is 108 cm³/mol. The van der Waals surface area contributed by atoms with E-state index < -0.39 is 35.3 Å². The van der Waals surface area contributed by atoms with Crippen LogP contribution in [-0.2, 0) is 20.5 Å². The Morgan fingerprint density at radius 3 is 2.39 bits per heavy atom. The highest BCUT2D eigenvalue weighted by Gasteiger charge is 2.34. The molecule has 3 amide bonds. The van der Waals surface area contributed by atoms with Gasteiger partial charge < -0.3 is 20.7 Å². The van der Waals surface area contributed by atoms with Crippen LogP contribution in [0.3, 0.4) is 0 Å². The van der Waals surface area contributed by atoms with Crippen LogP contribution in [-0.4, -0.2) is 30.4 Å². The fourth-order valence-corrected chi connectivity index (χ4v) is 3.11. The number of alkyl halides is 3. The van der Waals surface area contributed by atoms with E-state index in [1.54, 1.807) is 6.07 Å². The smallest absolute Gasteiger partial charge is 0.368 e. The monoisotopic (exact) mass is 435 g/mol. The number of halogens is 3. The Morgan fingerprint density at radius 2 is 1.74 bits per heavy atom. The summed E-state index contributed by atoms with van der Waals surface area (Å²) in [5, 5.41) is 7.16. The lowest BCUT2D eigenvalue weighted by atomic mass is 10.1. The molecule has 10 heteroatoms. The minimum atomic E-state index is -4.76. The van der Waals surface area contributed by atoms with Crippen LogP contribution < -0.4 is 16.0 Å². The molecule has 0 radical (unpaired) electrons. The van der Waals surface area contributed by atoms with Crippen molar-refractivity contribution in [3.63, 3.8) is 0 Å². The maximum atomic E-state index is 13.5. The average Bonchev–Trinajstić information content (AvgIpc) is 3.23. The number of hydrogen-bond donors (Lipinski definition) is 3. The summed E-state index contributed by atoms with van der Waals surface area (Å²) in [5.74, 6) is -1.65. The molecule has 0 spiro atoms. The Balaban J connectivity index is 1.78. The first kappa shape index (κ1) is 22.3. The van der Waals surface area contributed by atoms with E-state index in [1.807, 2.05) is 0 Å². The number of rotatable bonds is 5. The number of carbonyl (C=O) groups excluding carboxylic acids is 3. The summed E-state index contributed by atoms with van der Waals surface area (Å²) >= 11 is 0. The van der Waals surface area contributed by atoms with E-state index in [4.69, 9.17) is 4.74 Å². The standard InChI is InChI=1S/C21H20F3N3O4/c1-12(28)25-15-7-8-17(16(11-15)21(22,23)24)27-19(29)13-4-2-5-14(10-13)26-20(30)18-6-3-9-31-18/h2,4-5,7-8,10-11,18H,3,6,9H2,1H3,(H,25,28)(H,26,30)(H,27,29). The van der Waals surface area contributed by atoms with E-state index in [0.717, 1.165) is 18.6 Å². The van der Waals surface area contributed by atoms with E-state index in [-0.39, 0.29) is 17.2 Å². The summed E-state index contributed by atoms with van der Waals surface area (Å²) < 4.78 is 45.7. The molecule has 164 valence electrons. The molecule has 1 fully saturated rings. The summed E-state index contributed by atoms with van der Waals surface area (Å²) in [6.45, 7) is 1.68. The molecule has 1 atom stereocenters. The molecule has 0 aromatic heterocycles. The second-order valence-electron chi connectivity index (χ2n) is 6.97. The van der Waals surface area contributed by atoms with E-state index in [9.17, 15) is 27.6 Å². The number of carbonyl (C=O) groups is 3. The van der Waals surface area contributed by atoms with Gasteiger partial charge in [0.1, 0.15) is 6.10 Å². The minimum Gasteiger partial charge on any atom is -0.368 e. The molecule has 1 unspecified atom stereocenters. The number of amides is 3. The summed E-state index contributed by atoms with van der Waals surface area (Å²) in [7, 11) is 0. The normalized spacial score (nSPS) is 15.9. The van der Waals surface area contributed by atoms with Crippen molar-refractivity contribution < 1.29 is 32.3 Å². The third kappa shape index (κ3) is 5.82. The molecule has 0 bridgehead atoms. The van der Waals surface area contributed by atoms with E-state index in [0.29, 0.717) is 18.7 Å². The Hall–Kier alpha value is -3.40. The second-order valence-corrected chi connectivity index (χ2v) is 6.97. The average molecular weight is 435 g/mol. The van der Waals surface area contributed by atoms with Gasteiger partial charge in [0.2, 0.25) is 5.91 Å². The highest BCUT2D eigenvalue weighted by Crippen LogP contribution is 2.37. The van der Waals surface area contributed by atoms with Crippen LogP contribution in [0.1, 0.15) is 35.7 Å². The Kier molecular flexibility index (Phi) is 6.59. The molecule has 1 aliphatic heterocycles. The van der Waals surface area contributed by atoms with E-state index in [1.165, 1.54) is 31.2 Å². The summed E-state index contributed by atoms with van der Waals surface area (Å²) in [5.41, 5.74) is -1.22. The number of anilines is 3. The number of benzene rings is 2. The van der Waals surface area contributed by atoms with Crippen molar-refractivity contribution in [3.05, 3.63) is 53.6 Å². The number of nitrogens with one attached hydrogen (secondary N) is 3. The topological polar surface area (TPSA) is 96.5 Å². The maximum Gasteiger partial charge on any atom is 0.418 e. The second kappa shape index (κ2) is 9.17. The van der Waals surface area contributed by atoms with Crippen molar-refractivity contribution in [2.45, 2.75) is 32.0 Å². The van der Waals surface area contributed by atoms with Crippen molar-refractivity contribution in [2.24, 2.45) is 0 Å². The van der Waals surface area contributed by atoms with Gasteiger partial charge in [0.15, 0.2) is 0 Å². The van der Waals surface area contributed by atoms with Gasteiger partial charge in [-0.1, -0.05) is 6.07 Å². The van der Waals surface area contributed by atoms with Gasteiger partial charge in [-0.25, -0.2) is 0 Å². The van der Waals surface area contributed by atoms with Gasteiger partial charge in [0.25, 0.3) is 11.8 Å². The van der Waals surface area contributed by atoms with Gasteiger partial charge in [0, 0.05) is 30.5 Å². The van der Waals surface area contributed by atoms with Gasteiger partial charge in [0.05, 0.1) is 11.3 Å². The molecule has 0 aliphatic carbocycles. The number of hydrogen-bond acceptors (Lipinski definition) is 4. The van der Waals surface area contributed by atoms with Gasteiger partial charge in [-0.3, -0.25) is 14.4 Å². The fourth-order valence-electron chi connectivity index (χ4n) is 3.11. The molecule has 31 heavy (non-hydrogen) atoms. The minimum absolute atomic E-state index is 0.0448. The predicted octanol–water partition coefficient (Wildman–Crippen LogP) is 4.03. The highest BCUT2D eigenvalue weighted by molar-refractivity contribution is 6.06. The molecule has 1 heterocycles. The third-order valence-corrected chi connectivity index (χ3v) is 4.51. The quantitative estimate of drug-likeness (QED) is 0.661. The SMILES string of the molecule is CC(=O)Nc1ccc(NC(=O)c2cccc(NC(=O)C3CCCO3)c2)c(C(F)(F)F)c1. The van der Waals surface area contributed by atoms with Crippen LogP contribution in [0.15, 0.2) is 42.5 Å². The lowest BCUT2D eigenvalue weighted by Gasteiger charge is -2.16. The summed E-state index contributed by atoms with van der Waals surface area (Å²) in [4.78, 5) is 35.8.